The van der Waals surface area contributed by atoms with Crippen LogP contribution in [0.2, 0.25) is 5.15 Å². The van der Waals surface area contributed by atoms with E-state index in [2.05, 4.69) is 34.0 Å². The molecule has 3 rings (SSSR count). The van der Waals surface area contributed by atoms with Crippen molar-refractivity contribution in [3.05, 3.63) is 46.5 Å². The minimum Gasteiger partial charge on any atom is -0.297 e. The third kappa shape index (κ3) is 2.45. The zero-order valence-electron chi connectivity index (χ0n) is 11.9. The number of halogens is 1. The maximum atomic E-state index is 6.33. The monoisotopic (exact) mass is 290 g/mol. The van der Waals surface area contributed by atoms with Gasteiger partial charge in [-0.1, -0.05) is 24.6 Å². The summed E-state index contributed by atoms with van der Waals surface area (Å²) in [5.41, 5.74) is 3.48. The van der Waals surface area contributed by atoms with Gasteiger partial charge in [-0.15, -0.1) is 0 Å². The van der Waals surface area contributed by atoms with Crippen molar-refractivity contribution in [1.82, 2.24) is 19.7 Å². The molecule has 4 nitrogen and oxygen atoms in total. The molecule has 1 aliphatic heterocycles. The van der Waals surface area contributed by atoms with Gasteiger partial charge in [-0.2, -0.15) is 5.10 Å². The van der Waals surface area contributed by atoms with Crippen LogP contribution in [0.3, 0.4) is 0 Å². The van der Waals surface area contributed by atoms with Crippen molar-refractivity contribution in [2.75, 3.05) is 13.1 Å². The first-order chi connectivity index (χ1) is 9.69. The molecule has 1 aliphatic rings. The summed E-state index contributed by atoms with van der Waals surface area (Å²) in [6.07, 6.45) is 2.79. The van der Waals surface area contributed by atoms with Gasteiger partial charge in [-0.25, -0.2) is 0 Å². The highest BCUT2D eigenvalue weighted by Gasteiger charge is 2.30. The Morgan fingerprint density at radius 1 is 1.35 bits per heavy atom. The molecule has 0 amide bonds. The number of aromatic nitrogens is 3. The molecule has 0 aromatic carbocycles. The summed E-state index contributed by atoms with van der Waals surface area (Å²) in [6.45, 7) is 5.10. The van der Waals surface area contributed by atoms with Crippen LogP contribution in [0.5, 0.6) is 0 Å². The van der Waals surface area contributed by atoms with Gasteiger partial charge in [0.25, 0.3) is 0 Å². The smallest absolute Gasteiger partial charge is 0.131 e. The molecular formula is C15H19ClN4. The summed E-state index contributed by atoms with van der Waals surface area (Å²) in [4.78, 5) is 6.83. The van der Waals surface area contributed by atoms with E-state index < -0.39 is 0 Å². The Morgan fingerprint density at radius 2 is 2.15 bits per heavy atom. The van der Waals surface area contributed by atoms with Crippen molar-refractivity contribution >= 4 is 11.6 Å². The second kappa shape index (κ2) is 5.54. The van der Waals surface area contributed by atoms with Gasteiger partial charge in [-0.05, 0) is 18.6 Å². The SMILES string of the molecule is CCc1nn(C)c(Cl)c1CN1CC(c2ccccn2)C1. The Kier molecular flexibility index (Phi) is 3.76. The predicted molar refractivity (Wildman–Crippen MR) is 79.9 cm³/mol. The molecule has 2 aromatic rings. The molecule has 0 aliphatic carbocycles. The molecule has 2 aromatic heterocycles. The third-order valence-corrected chi connectivity index (χ3v) is 4.40. The molecular weight excluding hydrogens is 272 g/mol. The van der Waals surface area contributed by atoms with Gasteiger partial charge in [0.05, 0.1) is 5.69 Å². The van der Waals surface area contributed by atoms with Crippen LogP contribution in [0.25, 0.3) is 0 Å². The Bertz CT molecular complexity index is 587. The first-order valence-corrected chi connectivity index (χ1v) is 7.40. The predicted octanol–water partition coefficient (Wildman–Crippen LogP) is 2.63. The highest BCUT2D eigenvalue weighted by Crippen LogP contribution is 2.29. The van der Waals surface area contributed by atoms with Crippen molar-refractivity contribution < 1.29 is 0 Å². The quantitative estimate of drug-likeness (QED) is 0.868. The summed E-state index contributed by atoms with van der Waals surface area (Å²) < 4.78 is 1.77. The molecule has 0 unspecified atom stereocenters. The molecule has 0 N–H and O–H groups in total. The van der Waals surface area contributed by atoms with E-state index in [-0.39, 0.29) is 0 Å². The summed E-state index contributed by atoms with van der Waals surface area (Å²) in [5.74, 6) is 0.553. The third-order valence-electron chi connectivity index (χ3n) is 3.93. The summed E-state index contributed by atoms with van der Waals surface area (Å²) in [7, 11) is 1.90. The zero-order chi connectivity index (χ0) is 14.1. The van der Waals surface area contributed by atoms with Crippen molar-refractivity contribution in [3.63, 3.8) is 0 Å². The van der Waals surface area contributed by atoms with E-state index in [4.69, 9.17) is 11.6 Å². The second-order valence-electron chi connectivity index (χ2n) is 5.34. The van der Waals surface area contributed by atoms with Gasteiger partial charge in [0, 0.05) is 50.1 Å². The first-order valence-electron chi connectivity index (χ1n) is 7.02. The van der Waals surface area contributed by atoms with Crippen LogP contribution in [0.1, 0.15) is 29.8 Å². The Morgan fingerprint density at radius 3 is 2.80 bits per heavy atom. The number of rotatable bonds is 4. The van der Waals surface area contributed by atoms with Gasteiger partial charge in [0.15, 0.2) is 0 Å². The second-order valence-corrected chi connectivity index (χ2v) is 5.70. The van der Waals surface area contributed by atoms with E-state index in [9.17, 15) is 0 Å². The lowest BCUT2D eigenvalue weighted by molar-refractivity contribution is 0.137. The van der Waals surface area contributed by atoms with Crippen LogP contribution < -0.4 is 0 Å². The van der Waals surface area contributed by atoms with Crippen molar-refractivity contribution in [1.29, 1.82) is 0 Å². The Hall–Kier alpha value is -1.39. The number of likely N-dealkylation sites (tertiary alicyclic amines) is 1. The minimum atomic E-state index is 0.553. The van der Waals surface area contributed by atoms with Crippen LogP contribution >= 0.6 is 11.6 Å². The largest absolute Gasteiger partial charge is 0.297 e. The van der Waals surface area contributed by atoms with Gasteiger partial charge in [0.2, 0.25) is 0 Å². The molecule has 0 radical (unpaired) electrons. The molecule has 1 saturated heterocycles. The van der Waals surface area contributed by atoms with Crippen molar-refractivity contribution in [3.8, 4) is 0 Å². The van der Waals surface area contributed by atoms with E-state index in [0.29, 0.717) is 5.92 Å². The molecule has 1 fully saturated rings. The van der Waals surface area contributed by atoms with Crippen LogP contribution in [-0.2, 0) is 20.0 Å². The highest BCUT2D eigenvalue weighted by molar-refractivity contribution is 6.30. The summed E-state index contributed by atoms with van der Waals surface area (Å²) in [5, 5.41) is 5.23. The van der Waals surface area contributed by atoms with Gasteiger partial charge in [-0.3, -0.25) is 14.6 Å². The van der Waals surface area contributed by atoms with E-state index in [0.717, 1.165) is 36.9 Å². The lowest BCUT2D eigenvalue weighted by Gasteiger charge is -2.38. The summed E-state index contributed by atoms with van der Waals surface area (Å²) in [6, 6.07) is 6.12. The Balaban J connectivity index is 1.65. The number of hydrogen-bond acceptors (Lipinski definition) is 3. The van der Waals surface area contributed by atoms with Crippen LogP contribution in [0, 0.1) is 0 Å². The van der Waals surface area contributed by atoms with Crippen molar-refractivity contribution in [2.45, 2.75) is 25.8 Å². The van der Waals surface area contributed by atoms with Crippen molar-refractivity contribution in [2.24, 2.45) is 7.05 Å². The van der Waals surface area contributed by atoms with E-state index in [1.165, 1.54) is 11.3 Å². The van der Waals surface area contributed by atoms with Crippen LogP contribution in [0.15, 0.2) is 24.4 Å². The normalized spacial score (nSPS) is 16.4. The Labute approximate surface area is 124 Å². The minimum absolute atomic E-state index is 0.553. The topological polar surface area (TPSA) is 34.0 Å². The number of aryl methyl sites for hydroxylation is 2. The van der Waals surface area contributed by atoms with E-state index >= 15 is 0 Å². The molecule has 20 heavy (non-hydrogen) atoms. The molecule has 0 saturated carbocycles. The fourth-order valence-electron chi connectivity index (χ4n) is 2.77. The molecule has 3 heterocycles. The maximum Gasteiger partial charge on any atom is 0.131 e. The van der Waals surface area contributed by atoms with Gasteiger partial charge >= 0.3 is 0 Å². The zero-order valence-corrected chi connectivity index (χ0v) is 12.6. The van der Waals surface area contributed by atoms with Crippen LogP contribution in [-0.4, -0.2) is 32.8 Å². The molecule has 0 spiro atoms. The molecule has 0 bridgehead atoms. The maximum absolute atomic E-state index is 6.33. The molecule has 106 valence electrons. The lowest BCUT2D eigenvalue weighted by Crippen LogP contribution is -2.44. The van der Waals surface area contributed by atoms with Gasteiger partial charge in [0.1, 0.15) is 5.15 Å². The highest BCUT2D eigenvalue weighted by atomic mass is 35.5. The van der Waals surface area contributed by atoms with Gasteiger partial charge < -0.3 is 0 Å². The lowest BCUT2D eigenvalue weighted by atomic mass is 9.95. The average Bonchev–Trinajstić information content (AvgIpc) is 2.70. The van der Waals surface area contributed by atoms with Crippen LogP contribution in [0.4, 0.5) is 0 Å². The first kappa shape index (κ1) is 13.6. The number of nitrogens with zero attached hydrogens (tertiary/aromatic N) is 4. The molecule has 5 heteroatoms. The number of pyridine rings is 1. The van der Waals surface area contributed by atoms with E-state index in [1.807, 2.05) is 19.3 Å². The number of hydrogen-bond donors (Lipinski definition) is 0. The fraction of sp³-hybridized carbons (Fsp3) is 0.467. The van der Waals surface area contributed by atoms with E-state index in [1.54, 1.807) is 4.68 Å². The fourth-order valence-corrected chi connectivity index (χ4v) is 2.97. The summed E-state index contributed by atoms with van der Waals surface area (Å²) >= 11 is 6.33. The standard InChI is InChI=1S/C15H19ClN4/c1-3-13-12(15(16)19(2)18-13)10-20-8-11(9-20)14-6-4-5-7-17-14/h4-7,11H,3,8-10H2,1-2H3. The average molecular weight is 291 g/mol. The molecule has 0 atom stereocenters.